The summed E-state index contributed by atoms with van der Waals surface area (Å²) in [6, 6.07) is 33.2. The summed E-state index contributed by atoms with van der Waals surface area (Å²) in [5, 5.41) is 22.8. The number of aliphatic hydroxyl groups excluding tert-OH is 2. The number of ketones is 2. The van der Waals surface area contributed by atoms with Gasteiger partial charge in [0.25, 0.3) is 0 Å². The molecule has 4 nitrogen and oxygen atoms in total. The Labute approximate surface area is 258 Å². The first-order chi connectivity index (χ1) is 21.0. The van der Waals surface area contributed by atoms with Crippen molar-refractivity contribution in [3.63, 3.8) is 0 Å². The first-order valence-electron chi connectivity index (χ1n) is 15.7. The molecule has 0 bridgehead atoms. The van der Waals surface area contributed by atoms with E-state index in [-0.39, 0.29) is 30.2 Å². The van der Waals surface area contributed by atoms with Crippen LogP contribution in [0.3, 0.4) is 0 Å². The van der Waals surface area contributed by atoms with Gasteiger partial charge in [-0.1, -0.05) is 93.3 Å². The highest BCUT2D eigenvalue weighted by molar-refractivity contribution is 7.95. The monoisotopic (exact) mass is 599 g/mol. The number of unbranched alkanes of at least 4 members (excludes halogenated alkanes) is 7. The Kier molecular flexibility index (Phi) is 14.8. The smallest absolute Gasteiger partial charge is 0.186 e. The minimum absolute atomic E-state index is 0.00788. The molecule has 3 rings (SSSR count). The van der Waals surface area contributed by atoms with Gasteiger partial charge in [0.05, 0.1) is 19.4 Å². The van der Waals surface area contributed by atoms with Crippen LogP contribution in [0.4, 0.5) is 0 Å². The third kappa shape index (κ3) is 9.66. The number of hydrogen-bond acceptors (Lipinski definition) is 4. The summed E-state index contributed by atoms with van der Waals surface area (Å²) < 4.78 is 0. The highest BCUT2D eigenvalue weighted by Crippen LogP contribution is 2.56. The summed E-state index contributed by atoms with van der Waals surface area (Å²) in [6.45, 7) is 4.56. The van der Waals surface area contributed by atoms with Gasteiger partial charge in [0.2, 0.25) is 0 Å². The van der Waals surface area contributed by atoms with E-state index in [4.69, 9.17) is 0 Å². The Morgan fingerprint density at radius 2 is 1.05 bits per heavy atom. The predicted octanol–water partition coefficient (Wildman–Crippen LogP) is 6.88. The third-order valence-electron chi connectivity index (χ3n) is 8.24. The van der Waals surface area contributed by atoms with Crippen LogP contribution < -0.4 is 15.9 Å². The van der Waals surface area contributed by atoms with Crippen LogP contribution in [0.5, 0.6) is 0 Å². The molecule has 0 amide bonds. The van der Waals surface area contributed by atoms with Gasteiger partial charge in [0.15, 0.2) is 11.6 Å². The Balaban J connectivity index is 1.52. The first kappa shape index (κ1) is 34.3. The lowest BCUT2D eigenvalue weighted by Crippen LogP contribution is -2.33. The van der Waals surface area contributed by atoms with E-state index in [1.807, 2.05) is 0 Å². The van der Waals surface area contributed by atoms with E-state index in [9.17, 15) is 19.8 Å². The second-order valence-electron chi connectivity index (χ2n) is 11.2. The minimum Gasteiger partial charge on any atom is -0.396 e. The van der Waals surface area contributed by atoms with Crippen molar-refractivity contribution in [2.45, 2.75) is 71.1 Å². The maximum Gasteiger partial charge on any atom is 0.186 e. The molecule has 0 atom stereocenters. The number of carbonyl (C=O) groups excluding carboxylic acids is 2. The second kappa shape index (κ2) is 18.5. The Bertz CT molecular complexity index is 1220. The van der Waals surface area contributed by atoms with Crippen LogP contribution in [0.25, 0.3) is 0 Å². The highest BCUT2D eigenvalue weighted by atomic mass is 31.2. The molecule has 0 aromatic heterocycles. The van der Waals surface area contributed by atoms with Gasteiger partial charge in [-0.05, 0) is 69.0 Å². The first-order valence-corrected chi connectivity index (χ1v) is 17.6. The number of rotatable bonds is 20. The van der Waals surface area contributed by atoms with Gasteiger partial charge in [0.1, 0.15) is 23.2 Å². The van der Waals surface area contributed by atoms with Crippen LogP contribution in [0.15, 0.2) is 114 Å². The van der Waals surface area contributed by atoms with Crippen molar-refractivity contribution in [2.75, 3.05) is 19.4 Å². The van der Waals surface area contributed by atoms with Crippen LogP contribution in [-0.2, 0) is 9.59 Å². The van der Waals surface area contributed by atoms with Crippen molar-refractivity contribution in [1.82, 2.24) is 0 Å². The minimum atomic E-state index is -1.76. The van der Waals surface area contributed by atoms with E-state index in [1.54, 1.807) is 6.92 Å². The average molecular weight is 600 g/mol. The van der Waals surface area contributed by atoms with Crippen molar-refractivity contribution in [3.8, 4) is 0 Å². The van der Waals surface area contributed by atoms with Crippen LogP contribution in [0, 0.1) is 0 Å². The molecular weight excluding hydrogens is 551 g/mol. The lowest BCUT2D eigenvalue weighted by Gasteiger charge is -2.27. The van der Waals surface area contributed by atoms with Crippen LogP contribution >= 0.6 is 7.26 Å². The molecule has 0 heterocycles. The summed E-state index contributed by atoms with van der Waals surface area (Å²) in [5.41, 5.74) is 0.899. The molecule has 0 spiro atoms. The van der Waals surface area contributed by atoms with Gasteiger partial charge in [-0.3, -0.25) is 9.59 Å². The van der Waals surface area contributed by atoms with Crippen LogP contribution in [0.1, 0.15) is 71.1 Å². The fraction of sp³-hybridized carbons (Fsp3) is 0.368. The van der Waals surface area contributed by atoms with Gasteiger partial charge in [-0.2, -0.15) is 0 Å². The summed E-state index contributed by atoms with van der Waals surface area (Å²) in [7, 11) is -1.76. The number of Topliss-reactive ketones (excluding diaryl/α,β-unsaturated/α-hetero) is 2. The van der Waals surface area contributed by atoms with Gasteiger partial charge in [-0.25, -0.2) is 0 Å². The van der Waals surface area contributed by atoms with Gasteiger partial charge in [-0.15, -0.1) is 0 Å². The molecule has 0 aliphatic rings. The Morgan fingerprint density at radius 3 is 1.47 bits per heavy atom. The molecule has 228 valence electrons. The van der Waals surface area contributed by atoms with Crippen LogP contribution in [-0.4, -0.2) is 41.2 Å². The van der Waals surface area contributed by atoms with Crippen molar-refractivity contribution < 1.29 is 19.8 Å². The average Bonchev–Trinajstić information content (AvgIpc) is 3.05. The van der Waals surface area contributed by atoms with E-state index in [2.05, 4.69) is 97.6 Å². The molecule has 3 aromatic carbocycles. The Morgan fingerprint density at radius 1 is 0.628 bits per heavy atom. The number of aliphatic hydroxyl groups is 2. The van der Waals surface area contributed by atoms with Crippen molar-refractivity contribution in [3.05, 3.63) is 114 Å². The quantitative estimate of drug-likeness (QED) is 0.0844. The second-order valence-corrected chi connectivity index (χ2v) is 14.8. The lowest BCUT2D eigenvalue weighted by atomic mass is 9.92. The predicted molar refractivity (Wildman–Crippen MR) is 182 cm³/mol. The van der Waals surface area contributed by atoms with Crippen molar-refractivity contribution >= 4 is 34.7 Å². The van der Waals surface area contributed by atoms with Gasteiger partial charge < -0.3 is 10.2 Å². The number of carbonyl (C=O) groups is 2. The molecule has 0 fully saturated rings. The van der Waals surface area contributed by atoms with Crippen molar-refractivity contribution in [1.29, 1.82) is 0 Å². The zero-order valence-electron chi connectivity index (χ0n) is 25.7. The number of allylic oxidation sites excluding steroid dienone is 2. The number of hydrogen-bond donors (Lipinski definition) is 2. The third-order valence-corrected chi connectivity index (χ3v) is 12.8. The van der Waals surface area contributed by atoms with Gasteiger partial charge in [0, 0.05) is 23.1 Å². The molecule has 0 aliphatic carbocycles. The molecular formula is C38H48O4P+. The van der Waals surface area contributed by atoms with E-state index in [1.165, 1.54) is 41.6 Å². The zero-order valence-corrected chi connectivity index (χ0v) is 26.6. The molecule has 43 heavy (non-hydrogen) atoms. The Hall–Kier alpha value is -3.17. The lowest BCUT2D eigenvalue weighted by molar-refractivity contribution is -0.117. The summed E-state index contributed by atoms with van der Waals surface area (Å²) in [5.74, 6) is -0.568. The summed E-state index contributed by atoms with van der Waals surface area (Å²) in [4.78, 5) is 25.0. The molecule has 0 saturated carbocycles. The SMILES string of the molecule is C=C(CO)C(=O)/C(C)=C(/CCCCCCCCCC[P+](c1ccccc1)(c1ccccc1)c1ccccc1)C(=O)CCO. The molecule has 5 heteroatoms. The van der Waals surface area contributed by atoms with Gasteiger partial charge >= 0.3 is 0 Å². The van der Waals surface area contributed by atoms with E-state index < -0.39 is 13.9 Å². The molecule has 0 aliphatic heterocycles. The maximum atomic E-state index is 12.5. The summed E-state index contributed by atoms with van der Waals surface area (Å²) in [6.07, 6.45) is 10.5. The molecule has 3 aromatic rings. The van der Waals surface area contributed by atoms with E-state index in [0.717, 1.165) is 31.8 Å². The highest BCUT2D eigenvalue weighted by Gasteiger charge is 2.44. The fourth-order valence-electron chi connectivity index (χ4n) is 5.86. The molecule has 0 unspecified atom stereocenters. The molecule has 0 saturated heterocycles. The van der Waals surface area contributed by atoms with E-state index in [0.29, 0.717) is 17.6 Å². The maximum absolute atomic E-state index is 12.5. The zero-order chi connectivity index (χ0) is 30.9. The standard InChI is InChI=1S/C38H48O4P/c1-31(30-40)38(42)32(2)36(37(41)27-28-39)26-18-7-5-3-4-6-8-19-29-43(33-20-12-9-13-21-33,34-22-14-10-15-23-34)35-24-16-11-17-25-35/h9-17,20-25,39-40H,1,3-8,18-19,26-30H2,2H3/q+1/b36-32-. The van der Waals surface area contributed by atoms with E-state index >= 15 is 0 Å². The topological polar surface area (TPSA) is 74.6 Å². The number of benzene rings is 3. The molecule has 2 N–H and O–H groups in total. The molecule has 0 radical (unpaired) electrons. The largest absolute Gasteiger partial charge is 0.396 e. The normalized spacial score (nSPS) is 12.1. The fourth-order valence-corrected chi connectivity index (χ4v) is 10.3. The van der Waals surface area contributed by atoms with Crippen molar-refractivity contribution in [2.24, 2.45) is 0 Å². The summed E-state index contributed by atoms with van der Waals surface area (Å²) >= 11 is 0. The van der Waals surface area contributed by atoms with Crippen LogP contribution in [0.2, 0.25) is 0 Å².